The normalized spacial score (nSPS) is 17.9. The predicted octanol–water partition coefficient (Wildman–Crippen LogP) is 3.70. The van der Waals surface area contributed by atoms with Gasteiger partial charge in [-0.2, -0.15) is 0 Å². The average molecular weight is 286 g/mol. The van der Waals surface area contributed by atoms with E-state index in [4.69, 9.17) is 10.7 Å². The van der Waals surface area contributed by atoms with Crippen LogP contribution in [0.1, 0.15) is 46.3 Å². The molecule has 0 saturated carbocycles. The minimum Gasteiger partial charge on any atom is -0.330 e. The van der Waals surface area contributed by atoms with Gasteiger partial charge in [0.1, 0.15) is 0 Å². The summed E-state index contributed by atoms with van der Waals surface area (Å²) in [4.78, 5) is 6.35. The molecule has 1 aromatic carbocycles. The number of benzene rings is 1. The van der Waals surface area contributed by atoms with Crippen LogP contribution in [0.5, 0.6) is 0 Å². The monoisotopic (exact) mass is 286 g/mol. The van der Waals surface area contributed by atoms with E-state index in [1.165, 1.54) is 40.4 Å². The van der Waals surface area contributed by atoms with Gasteiger partial charge in [-0.05, 0) is 56.6 Å². The Morgan fingerprint density at radius 3 is 2.85 bits per heavy atom. The molecular weight excluding hydrogens is 264 g/mol. The Labute approximate surface area is 125 Å². The number of nitrogens with two attached hydrogens (primary N) is 1. The van der Waals surface area contributed by atoms with E-state index in [0.29, 0.717) is 5.92 Å². The fourth-order valence-corrected chi connectivity index (χ4v) is 4.20. The fourth-order valence-electron chi connectivity index (χ4n) is 2.97. The highest BCUT2D eigenvalue weighted by Gasteiger charge is 2.23. The second kappa shape index (κ2) is 6.51. The number of nitrogens with zero attached hydrogens (tertiary/aromatic N) is 1. The minimum absolute atomic E-state index is 0.682. The van der Waals surface area contributed by atoms with Crippen LogP contribution in [0.2, 0.25) is 0 Å². The second-order valence-corrected chi connectivity index (χ2v) is 6.74. The molecule has 106 valence electrons. The molecule has 3 heteroatoms. The molecule has 0 radical (unpaired) electrons. The molecule has 20 heavy (non-hydrogen) atoms. The molecule has 0 amide bonds. The molecule has 0 aliphatic heterocycles. The first-order valence-corrected chi connectivity index (χ1v) is 8.41. The molecule has 0 spiro atoms. The van der Waals surface area contributed by atoms with Crippen molar-refractivity contribution >= 4 is 11.3 Å². The van der Waals surface area contributed by atoms with Gasteiger partial charge in [0.05, 0.1) is 10.7 Å². The molecule has 1 aliphatic rings. The Hall–Kier alpha value is -1.19. The van der Waals surface area contributed by atoms with E-state index < -0.39 is 0 Å². The molecule has 1 heterocycles. The summed E-state index contributed by atoms with van der Waals surface area (Å²) in [6.45, 7) is 0.793. The number of aromatic nitrogens is 1. The van der Waals surface area contributed by atoms with Crippen molar-refractivity contribution in [1.29, 1.82) is 0 Å². The largest absolute Gasteiger partial charge is 0.330 e. The minimum atomic E-state index is 0.682. The highest BCUT2D eigenvalue weighted by atomic mass is 32.1. The lowest BCUT2D eigenvalue weighted by Gasteiger charge is -2.21. The molecule has 2 nitrogen and oxygen atoms in total. The first-order chi connectivity index (χ1) is 9.86. The molecular formula is C17H22N2S. The summed E-state index contributed by atoms with van der Waals surface area (Å²) >= 11 is 1.93. The van der Waals surface area contributed by atoms with E-state index in [1.54, 1.807) is 0 Å². The average Bonchev–Trinajstić information content (AvgIpc) is 2.90. The summed E-state index contributed by atoms with van der Waals surface area (Å²) in [5.74, 6) is 0.682. The van der Waals surface area contributed by atoms with Crippen LogP contribution in [0.25, 0.3) is 0 Å². The van der Waals surface area contributed by atoms with Crippen LogP contribution in [0, 0.1) is 0 Å². The molecule has 1 atom stereocenters. The van der Waals surface area contributed by atoms with Crippen LogP contribution in [0.3, 0.4) is 0 Å². The smallest absolute Gasteiger partial charge is 0.0931 e. The van der Waals surface area contributed by atoms with Crippen LogP contribution in [-0.4, -0.2) is 11.5 Å². The number of fused-ring (bicyclic) bond motifs is 1. The van der Waals surface area contributed by atoms with Gasteiger partial charge in [0.25, 0.3) is 0 Å². The summed E-state index contributed by atoms with van der Waals surface area (Å²) in [5.41, 5.74) is 8.40. The third-order valence-corrected chi connectivity index (χ3v) is 5.28. The van der Waals surface area contributed by atoms with Crippen molar-refractivity contribution in [1.82, 2.24) is 4.98 Å². The number of hydrogen-bond donors (Lipinski definition) is 1. The number of hydrogen-bond acceptors (Lipinski definition) is 3. The zero-order chi connectivity index (χ0) is 13.8. The number of unbranched alkanes of at least 4 members (excludes halogenated alkanes) is 1. The first kappa shape index (κ1) is 13.8. The van der Waals surface area contributed by atoms with Gasteiger partial charge in [0.15, 0.2) is 0 Å². The summed E-state index contributed by atoms with van der Waals surface area (Å²) in [7, 11) is 0. The zero-order valence-corrected chi connectivity index (χ0v) is 12.7. The van der Waals surface area contributed by atoms with Gasteiger partial charge < -0.3 is 5.73 Å². The van der Waals surface area contributed by atoms with Gasteiger partial charge in [-0.25, -0.2) is 4.98 Å². The van der Waals surface area contributed by atoms with E-state index in [-0.39, 0.29) is 0 Å². The first-order valence-electron chi connectivity index (χ1n) is 7.59. The topological polar surface area (TPSA) is 38.9 Å². The van der Waals surface area contributed by atoms with Crippen LogP contribution < -0.4 is 5.73 Å². The van der Waals surface area contributed by atoms with Gasteiger partial charge in [-0.15, -0.1) is 11.3 Å². The Morgan fingerprint density at radius 2 is 2.05 bits per heavy atom. The maximum absolute atomic E-state index is 5.56. The summed E-state index contributed by atoms with van der Waals surface area (Å²) in [6, 6.07) is 10.9. The molecule has 3 rings (SSSR count). The quantitative estimate of drug-likeness (QED) is 0.851. The molecule has 0 bridgehead atoms. The summed E-state index contributed by atoms with van der Waals surface area (Å²) in [6.07, 6.45) is 6.94. The highest BCUT2D eigenvalue weighted by Crippen LogP contribution is 2.35. The van der Waals surface area contributed by atoms with Crippen molar-refractivity contribution in [2.24, 2.45) is 5.73 Å². The van der Waals surface area contributed by atoms with Crippen molar-refractivity contribution in [3.8, 4) is 0 Å². The van der Waals surface area contributed by atoms with E-state index in [1.807, 2.05) is 11.3 Å². The van der Waals surface area contributed by atoms with Gasteiger partial charge in [0.2, 0.25) is 0 Å². The van der Waals surface area contributed by atoms with E-state index in [0.717, 1.165) is 25.8 Å². The van der Waals surface area contributed by atoms with Gasteiger partial charge >= 0.3 is 0 Å². The zero-order valence-electron chi connectivity index (χ0n) is 11.8. The Morgan fingerprint density at radius 1 is 1.20 bits per heavy atom. The highest BCUT2D eigenvalue weighted by molar-refractivity contribution is 7.11. The standard InChI is InChI=1S/C17H22N2S/c18-11-5-4-8-17-19-15-10-9-14(12-16(15)20-17)13-6-2-1-3-7-13/h1-3,6-7,14H,4-5,8-12,18H2. The third-order valence-electron chi connectivity index (χ3n) is 4.10. The van der Waals surface area contributed by atoms with Crippen molar-refractivity contribution in [2.75, 3.05) is 6.54 Å². The van der Waals surface area contributed by atoms with Crippen LogP contribution in [0.4, 0.5) is 0 Å². The molecule has 1 aliphatic carbocycles. The molecule has 2 N–H and O–H groups in total. The maximum atomic E-state index is 5.56. The predicted molar refractivity (Wildman–Crippen MR) is 85.3 cm³/mol. The van der Waals surface area contributed by atoms with Crippen LogP contribution in [0.15, 0.2) is 30.3 Å². The number of aryl methyl sites for hydroxylation is 2. The van der Waals surface area contributed by atoms with Gasteiger partial charge in [-0.1, -0.05) is 30.3 Å². The molecule has 0 saturated heterocycles. The van der Waals surface area contributed by atoms with E-state index >= 15 is 0 Å². The number of thiazole rings is 1. The fraction of sp³-hybridized carbons (Fsp3) is 0.471. The Balaban J connectivity index is 1.68. The molecule has 2 aromatic rings. The SMILES string of the molecule is NCCCCc1nc2c(s1)CC(c1ccccc1)CC2. The molecule has 0 fully saturated rings. The van der Waals surface area contributed by atoms with Gasteiger partial charge in [0, 0.05) is 4.88 Å². The van der Waals surface area contributed by atoms with E-state index in [2.05, 4.69) is 30.3 Å². The van der Waals surface area contributed by atoms with Gasteiger partial charge in [-0.3, -0.25) is 0 Å². The lowest BCUT2D eigenvalue weighted by Crippen LogP contribution is -2.11. The summed E-state index contributed by atoms with van der Waals surface area (Å²) in [5, 5.41) is 1.32. The van der Waals surface area contributed by atoms with Crippen molar-refractivity contribution in [3.05, 3.63) is 51.5 Å². The molecule has 1 aromatic heterocycles. The Bertz CT molecular complexity index is 547. The van der Waals surface area contributed by atoms with Crippen molar-refractivity contribution < 1.29 is 0 Å². The third kappa shape index (κ3) is 3.10. The molecule has 1 unspecified atom stereocenters. The lowest BCUT2D eigenvalue weighted by atomic mass is 9.85. The van der Waals surface area contributed by atoms with Crippen LogP contribution >= 0.6 is 11.3 Å². The van der Waals surface area contributed by atoms with Crippen LogP contribution in [-0.2, 0) is 19.3 Å². The lowest BCUT2D eigenvalue weighted by molar-refractivity contribution is 0.583. The van der Waals surface area contributed by atoms with Crippen molar-refractivity contribution in [2.45, 2.75) is 44.4 Å². The van der Waals surface area contributed by atoms with E-state index in [9.17, 15) is 0 Å². The Kier molecular flexibility index (Phi) is 4.48. The number of rotatable bonds is 5. The summed E-state index contributed by atoms with van der Waals surface area (Å²) < 4.78 is 0. The van der Waals surface area contributed by atoms with Crippen molar-refractivity contribution in [3.63, 3.8) is 0 Å². The maximum Gasteiger partial charge on any atom is 0.0931 e. The second-order valence-electron chi connectivity index (χ2n) is 5.57.